The third-order valence-electron chi connectivity index (χ3n) is 3.39. The van der Waals surface area contributed by atoms with Crippen LogP contribution in [0, 0.1) is 6.92 Å². The van der Waals surface area contributed by atoms with E-state index >= 15 is 0 Å². The van der Waals surface area contributed by atoms with Crippen LogP contribution >= 0.6 is 0 Å². The van der Waals surface area contributed by atoms with Gasteiger partial charge in [-0.1, -0.05) is 12.1 Å². The van der Waals surface area contributed by atoms with Crippen molar-refractivity contribution < 1.29 is 14.6 Å². The van der Waals surface area contributed by atoms with Gasteiger partial charge >= 0.3 is 0 Å². The van der Waals surface area contributed by atoms with Crippen molar-refractivity contribution in [2.45, 2.75) is 19.9 Å². The number of hydrogen-bond donors (Lipinski definition) is 2. The number of anilines is 1. The predicted octanol–water partition coefficient (Wildman–Crippen LogP) is 3.89. The number of aryl methyl sites for hydroxylation is 1. The van der Waals surface area contributed by atoms with Crippen LogP contribution in [0.3, 0.4) is 0 Å². The first-order chi connectivity index (χ1) is 10.0. The van der Waals surface area contributed by atoms with Crippen LogP contribution in [0.5, 0.6) is 17.2 Å². The molecular formula is C17H21NO3. The molecule has 2 aromatic carbocycles. The molecular weight excluding hydrogens is 266 g/mol. The number of hydrogen-bond acceptors (Lipinski definition) is 4. The molecule has 4 heteroatoms. The normalized spacial score (nSPS) is 11.8. The van der Waals surface area contributed by atoms with Crippen LogP contribution in [0.2, 0.25) is 0 Å². The van der Waals surface area contributed by atoms with Gasteiger partial charge in [-0.2, -0.15) is 0 Å². The molecule has 0 saturated carbocycles. The van der Waals surface area contributed by atoms with Gasteiger partial charge in [0.05, 0.1) is 20.3 Å². The maximum Gasteiger partial charge on any atom is 0.124 e. The third kappa shape index (κ3) is 3.60. The summed E-state index contributed by atoms with van der Waals surface area (Å²) in [7, 11) is 3.24. The fraction of sp³-hybridized carbons (Fsp3) is 0.294. The van der Waals surface area contributed by atoms with E-state index in [1.165, 1.54) is 0 Å². The summed E-state index contributed by atoms with van der Waals surface area (Å²) in [5, 5.41) is 13.4. The minimum Gasteiger partial charge on any atom is -0.508 e. The highest BCUT2D eigenvalue weighted by molar-refractivity contribution is 5.55. The summed E-state index contributed by atoms with van der Waals surface area (Å²) in [6.07, 6.45) is 0. The second-order valence-corrected chi connectivity index (χ2v) is 5.03. The lowest BCUT2D eigenvalue weighted by Gasteiger charge is -2.18. The van der Waals surface area contributed by atoms with Gasteiger partial charge in [0, 0.05) is 29.4 Å². The van der Waals surface area contributed by atoms with Gasteiger partial charge in [-0.15, -0.1) is 0 Å². The fourth-order valence-corrected chi connectivity index (χ4v) is 2.24. The van der Waals surface area contributed by atoms with Crippen molar-refractivity contribution in [2.75, 3.05) is 19.5 Å². The Bertz CT molecular complexity index is 603. The first-order valence-corrected chi connectivity index (χ1v) is 6.82. The Hall–Kier alpha value is -2.36. The Labute approximate surface area is 125 Å². The van der Waals surface area contributed by atoms with Crippen molar-refractivity contribution in [1.29, 1.82) is 0 Å². The standard InChI is InChI=1S/C17H21NO3/c1-11-5-6-16(17(19)7-11)12(2)18-13-8-14(20-3)10-15(9-13)21-4/h5-10,12,18-19H,1-4H3. The Kier molecular flexibility index (Phi) is 4.58. The SMILES string of the molecule is COc1cc(NC(C)c2ccc(C)cc2O)cc(OC)c1. The second kappa shape index (κ2) is 6.39. The van der Waals surface area contributed by atoms with Gasteiger partial charge < -0.3 is 19.9 Å². The smallest absolute Gasteiger partial charge is 0.124 e. The highest BCUT2D eigenvalue weighted by atomic mass is 16.5. The van der Waals surface area contributed by atoms with Crippen LogP contribution in [0.25, 0.3) is 0 Å². The van der Waals surface area contributed by atoms with Gasteiger partial charge in [0.15, 0.2) is 0 Å². The number of nitrogens with one attached hydrogen (secondary N) is 1. The van der Waals surface area contributed by atoms with Gasteiger partial charge in [-0.3, -0.25) is 0 Å². The van der Waals surface area contributed by atoms with Gasteiger partial charge in [0.1, 0.15) is 17.2 Å². The molecule has 0 bridgehead atoms. The predicted molar refractivity (Wildman–Crippen MR) is 84.4 cm³/mol. The van der Waals surface area contributed by atoms with Crippen molar-refractivity contribution in [2.24, 2.45) is 0 Å². The number of aromatic hydroxyl groups is 1. The summed E-state index contributed by atoms with van der Waals surface area (Å²) in [4.78, 5) is 0. The summed E-state index contributed by atoms with van der Waals surface area (Å²) in [5.74, 6) is 1.74. The highest BCUT2D eigenvalue weighted by Crippen LogP contribution is 2.31. The number of rotatable bonds is 5. The average molecular weight is 287 g/mol. The molecule has 0 saturated heterocycles. The molecule has 1 atom stereocenters. The quantitative estimate of drug-likeness (QED) is 0.876. The summed E-state index contributed by atoms with van der Waals surface area (Å²) < 4.78 is 10.5. The van der Waals surface area contributed by atoms with E-state index in [0.29, 0.717) is 5.75 Å². The molecule has 0 radical (unpaired) electrons. The van der Waals surface area contributed by atoms with E-state index in [2.05, 4.69) is 5.32 Å². The summed E-state index contributed by atoms with van der Waals surface area (Å²) in [6.45, 7) is 3.95. The number of phenolic OH excluding ortho intramolecular Hbond substituents is 1. The van der Waals surface area contributed by atoms with Crippen molar-refractivity contribution in [3.05, 3.63) is 47.5 Å². The minimum atomic E-state index is -0.0394. The van der Waals surface area contributed by atoms with E-state index in [1.807, 2.05) is 44.2 Å². The van der Waals surface area contributed by atoms with Gasteiger partial charge in [-0.25, -0.2) is 0 Å². The lowest BCUT2D eigenvalue weighted by Crippen LogP contribution is -2.07. The largest absolute Gasteiger partial charge is 0.508 e. The molecule has 0 heterocycles. The first-order valence-electron chi connectivity index (χ1n) is 6.82. The van der Waals surface area contributed by atoms with Crippen molar-refractivity contribution in [1.82, 2.24) is 0 Å². The molecule has 0 fully saturated rings. The molecule has 0 aliphatic heterocycles. The van der Waals surface area contributed by atoms with Crippen LogP contribution in [0.1, 0.15) is 24.1 Å². The highest BCUT2D eigenvalue weighted by Gasteiger charge is 2.11. The molecule has 0 aromatic heterocycles. The molecule has 21 heavy (non-hydrogen) atoms. The Balaban J connectivity index is 2.24. The number of phenols is 1. The molecule has 112 valence electrons. The maximum absolute atomic E-state index is 10.1. The lowest BCUT2D eigenvalue weighted by molar-refractivity contribution is 0.394. The van der Waals surface area contributed by atoms with E-state index < -0.39 is 0 Å². The van der Waals surface area contributed by atoms with Crippen LogP contribution < -0.4 is 14.8 Å². The zero-order valence-corrected chi connectivity index (χ0v) is 12.8. The fourth-order valence-electron chi connectivity index (χ4n) is 2.24. The number of ether oxygens (including phenoxy) is 2. The topological polar surface area (TPSA) is 50.7 Å². The number of methoxy groups -OCH3 is 2. The van der Waals surface area contributed by atoms with E-state index in [4.69, 9.17) is 9.47 Å². The molecule has 0 aliphatic carbocycles. The summed E-state index contributed by atoms with van der Waals surface area (Å²) in [5.41, 5.74) is 2.76. The van der Waals surface area contributed by atoms with Crippen LogP contribution in [0.4, 0.5) is 5.69 Å². The molecule has 0 amide bonds. The lowest BCUT2D eigenvalue weighted by atomic mass is 10.0. The van der Waals surface area contributed by atoms with E-state index in [-0.39, 0.29) is 6.04 Å². The van der Waals surface area contributed by atoms with Gasteiger partial charge in [0.2, 0.25) is 0 Å². The first kappa shape index (κ1) is 15.0. The molecule has 0 aliphatic rings. The Morgan fingerprint density at radius 1 is 1.00 bits per heavy atom. The zero-order valence-electron chi connectivity index (χ0n) is 12.8. The monoisotopic (exact) mass is 287 g/mol. The zero-order chi connectivity index (χ0) is 15.4. The van der Waals surface area contributed by atoms with E-state index in [9.17, 15) is 5.11 Å². The van der Waals surface area contributed by atoms with Crippen LogP contribution in [-0.4, -0.2) is 19.3 Å². The molecule has 2 N–H and O–H groups in total. The van der Waals surface area contributed by atoms with Crippen LogP contribution in [0.15, 0.2) is 36.4 Å². The van der Waals surface area contributed by atoms with Crippen LogP contribution in [-0.2, 0) is 0 Å². The molecule has 1 unspecified atom stereocenters. The third-order valence-corrected chi connectivity index (χ3v) is 3.39. The Morgan fingerprint density at radius 3 is 2.14 bits per heavy atom. The molecule has 0 spiro atoms. The maximum atomic E-state index is 10.1. The summed E-state index contributed by atoms with van der Waals surface area (Å²) >= 11 is 0. The Morgan fingerprint density at radius 2 is 1.62 bits per heavy atom. The second-order valence-electron chi connectivity index (χ2n) is 5.03. The molecule has 2 rings (SSSR count). The van der Waals surface area contributed by atoms with Gasteiger partial charge in [-0.05, 0) is 25.5 Å². The molecule has 2 aromatic rings. The van der Waals surface area contributed by atoms with Crippen molar-refractivity contribution in [3.8, 4) is 17.2 Å². The average Bonchev–Trinajstić information content (AvgIpc) is 2.46. The van der Waals surface area contributed by atoms with E-state index in [0.717, 1.165) is 28.3 Å². The molecule has 4 nitrogen and oxygen atoms in total. The minimum absolute atomic E-state index is 0.0394. The van der Waals surface area contributed by atoms with Crippen molar-refractivity contribution in [3.63, 3.8) is 0 Å². The van der Waals surface area contributed by atoms with Crippen molar-refractivity contribution >= 4 is 5.69 Å². The number of benzene rings is 2. The van der Waals surface area contributed by atoms with E-state index in [1.54, 1.807) is 20.3 Å². The van der Waals surface area contributed by atoms with Gasteiger partial charge in [0.25, 0.3) is 0 Å². The summed E-state index contributed by atoms with van der Waals surface area (Å²) in [6, 6.07) is 11.2.